The molecule has 2 rings (SSSR count). The number of hydrogen-bond acceptors (Lipinski definition) is 3. The van der Waals surface area contributed by atoms with E-state index in [-0.39, 0.29) is 11.2 Å². The van der Waals surface area contributed by atoms with Crippen LogP contribution in [0.4, 0.5) is 4.79 Å². The third kappa shape index (κ3) is 2.49. The average molecular weight is 289 g/mol. The van der Waals surface area contributed by atoms with Crippen LogP contribution in [0, 0.1) is 0 Å². The van der Waals surface area contributed by atoms with E-state index in [9.17, 15) is 4.79 Å². The van der Waals surface area contributed by atoms with Gasteiger partial charge in [0, 0.05) is 17.7 Å². The molecule has 18 heavy (non-hydrogen) atoms. The topological polar surface area (TPSA) is 79.5 Å². The monoisotopic (exact) mass is 288 g/mol. The predicted octanol–water partition coefficient (Wildman–Crippen LogP) is 2.23. The van der Waals surface area contributed by atoms with Crippen molar-refractivity contribution in [1.82, 2.24) is 19.9 Å². The first-order valence-electron chi connectivity index (χ1n) is 5.16. The Morgan fingerprint density at radius 2 is 2.33 bits per heavy atom. The van der Waals surface area contributed by atoms with Gasteiger partial charge in [0.15, 0.2) is 5.65 Å². The third-order valence-corrected chi connectivity index (χ3v) is 3.10. The van der Waals surface area contributed by atoms with Crippen molar-refractivity contribution >= 4 is 34.9 Å². The molecule has 0 saturated carbocycles. The van der Waals surface area contributed by atoms with Crippen molar-refractivity contribution in [3.05, 3.63) is 28.1 Å². The Hall–Kier alpha value is -1.53. The largest absolute Gasteiger partial charge is 0.465 e. The van der Waals surface area contributed by atoms with E-state index < -0.39 is 6.09 Å². The lowest BCUT2D eigenvalue weighted by molar-refractivity contribution is 0.190. The first kappa shape index (κ1) is 12.9. The van der Waals surface area contributed by atoms with Crippen LogP contribution in [0.25, 0.3) is 5.65 Å². The van der Waals surface area contributed by atoms with Crippen LogP contribution in [0.2, 0.25) is 10.3 Å². The molecule has 96 valence electrons. The van der Waals surface area contributed by atoms with Crippen LogP contribution in [0.1, 0.15) is 12.5 Å². The zero-order chi connectivity index (χ0) is 13.3. The molecule has 0 fully saturated rings. The number of halogens is 2. The fourth-order valence-corrected chi connectivity index (χ4v) is 2.25. The molecule has 0 spiro atoms. The van der Waals surface area contributed by atoms with Gasteiger partial charge < -0.3 is 10.4 Å². The second kappa shape index (κ2) is 4.99. The molecule has 2 aromatic heterocycles. The molecule has 2 aromatic rings. The van der Waals surface area contributed by atoms with E-state index in [4.69, 9.17) is 28.3 Å². The predicted molar refractivity (Wildman–Crippen MR) is 67.3 cm³/mol. The second-order valence-electron chi connectivity index (χ2n) is 3.83. The molecular formula is C10H10Cl2N4O2. The molecule has 0 aromatic carbocycles. The summed E-state index contributed by atoms with van der Waals surface area (Å²) in [6.45, 7) is 1.72. The Kier molecular flexibility index (Phi) is 3.58. The summed E-state index contributed by atoms with van der Waals surface area (Å²) in [5, 5.41) is 15.6. The van der Waals surface area contributed by atoms with E-state index in [2.05, 4.69) is 15.4 Å². The first-order chi connectivity index (χ1) is 8.49. The van der Waals surface area contributed by atoms with Gasteiger partial charge in [-0.2, -0.15) is 5.10 Å². The molecule has 0 saturated heterocycles. The molecule has 0 aliphatic heterocycles. The van der Waals surface area contributed by atoms with Crippen molar-refractivity contribution in [2.45, 2.75) is 19.4 Å². The smallest absolute Gasteiger partial charge is 0.404 e. The van der Waals surface area contributed by atoms with Gasteiger partial charge in [-0.25, -0.2) is 14.3 Å². The van der Waals surface area contributed by atoms with Crippen LogP contribution in [-0.2, 0) is 6.42 Å². The maximum atomic E-state index is 10.5. The Bertz CT molecular complexity index is 599. The van der Waals surface area contributed by atoms with Gasteiger partial charge >= 0.3 is 6.09 Å². The molecule has 2 N–H and O–H groups in total. The minimum atomic E-state index is -1.09. The first-order valence-corrected chi connectivity index (χ1v) is 5.91. The number of nitrogens with one attached hydrogen (secondary N) is 1. The number of aromatic nitrogens is 3. The second-order valence-corrected chi connectivity index (χ2v) is 4.54. The summed E-state index contributed by atoms with van der Waals surface area (Å²) in [6, 6.07) is 1.35. The lowest BCUT2D eigenvalue weighted by Crippen LogP contribution is -2.33. The van der Waals surface area contributed by atoms with Crippen LogP contribution < -0.4 is 5.32 Å². The summed E-state index contributed by atoms with van der Waals surface area (Å²) >= 11 is 12.2. The van der Waals surface area contributed by atoms with Crippen molar-refractivity contribution < 1.29 is 9.90 Å². The number of rotatable bonds is 3. The number of nitrogens with zero attached hydrogens (tertiary/aromatic N) is 3. The summed E-state index contributed by atoms with van der Waals surface area (Å²) < 4.78 is 1.45. The summed E-state index contributed by atoms with van der Waals surface area (Å²) in [5.74, 6) is 0. The van der Waals surface area contributed by atoms with Gasteiger partial charge in [0.1, 0.15) is 10.3 Å². The molecular weight excluding hydrogens is 279 g/mol. The number of carboxylic acid groups (broad SMARTS) is 1. The van der Waals surface area contributed by atoms with Crippen LogP contribution in [0.5, 0.6) is 0 Å². The van der Waals surface area contributed by atoms with E-state index in [1.807, 2.05) is 0 Å². The van der Waals surface area contributed by atoms with Crippen molar-refractivity contribution in [3.63, 3.8) is 0 Å². The van der Waals surface area contributed by atoms with E-state index in [1.165, 1.54) is 4.52 Å². The van der Waals surface area contributed by atoms with Crippen LogP contribution in [0.15, 0.2) is 12.3 Å². The minimum Gasteiger partial charge on any atom is -0.465 e. The number of carbonyl (C=O) groups is 1. The summed E-state index contributed by atoms with van der Waals surface area (Å²) in [5.41, 5.74) is 1.11. The lowest BCUT2D eigenvalue weighted by atomic mass is 10.1. The number of amides is 1. The zero-order valence-electron chi connectivity index (χ0n) is 9.39. The Labute approximate surface area is 113 Å². The Morgan fingerprint density at radius 3 is 3.00 bits per heavy atom. The molecule has 0 radical (unpaired) electrons. The maximum absolute atomic E-state index is 10.5. The summed E-state index contributed by atoms with van der Waals surface area (Å²) in [6.07, 6.45) is 0.808. The van der Waals surface area contributed by atoms with Gasteiger partial charge in [-0.1, -0.05) is 23.2 Å². The molecule has 2 heterocycles. The highest BCUT2D eigenvalue weighted by Crippen LogP contribution is 2.25. The molecule has 0 aliphatic rings. The highest BCUT2D eigenvalue weighted by Gasteiger charge is 2.16. The quantitative estimate of drug-likeness (QED) is 0.849. The molecule has 0 aliphatic carbocycles. The molecule has 0 unspecified atom stereocenters. The maximum Gasteiger partial charge on any atom is 0.404 e. The number of fused-ring (bicyclic) bond motifs is 1. The fraction of sp³-hybridized carbons (Fsp3) is 0.300. The van der Waals surface area contributed by atoms with Crippen molar-refractivity contribution in [3.8, 4) is 0 Å². The Balaban J connectivity index is 2.35. The van der Waals surface area contributed by atoms with Crippen molar-refractivity contribution in [2.75, 3.05) is 0 Å². The fourth-order valence-electron chi connectivity index (χ4n) is 1.65. The molecule has 0 bridgehead atoms. The van der Waals surface area contributed by atoms with E-state index in [0.717, 1.165) is 0 Å². The molecule has 6 nitrogen and oxygen atoms in total. The molecule has 8 heteroatoms. The summed E-state index contributed by atoms with van der Waals surface area (Å²) in [7, 11) is 0. The van der Waals surface area contributed by atoms with Crippen molar-refractivity contribution in [1.29, 1.82) is 0 Å². The lowest BCUT2D eigenvalue weighted by Gasteiger charge is -2.13. The van der Waals surface area contributed by atoms with Gasteiger partial charge in [-0.3, -0.25) is 0 Å². The standard InChI is InChI=1S/C10H10Cl2N4O2/c1-5(14-10(17)18)4-6-8(11)15-7-2-3-13-16(7)9(6)12/h2-3,5,14H,4H2,1H3,(H,17,18)/t5-/m1/s1. The Morgan fingerprint density at radius 1 is 1.61 bits per heavy atom. The van der Waals surface area contributed by atoms with Gasteiger partial charge in [0.25, 0.3) is 0 Å². The van der Waals surface area contributed by atoms with Gasteiger partial charge in [-0.15, -0.1) is 0 Å². The minimum absolute atomic E-state index is 0.257. The van der Waals surface area contributed by atoms with E-state index in [0.29, 0.717) is 22.8 Å². The van der Waals surface area contributed by atoms with E-state index >= 15 is 0 Å². The average Bonchev–Trinajstić information content (AvgIpc) is 2.71. The van der Waals surface area contributed by atoms with Gasteiger partial charge in [-0.05, 0) is 13.3 Å². The molecule has 1 amide bonds. The van der Waals surface area contributed by atoms with Gasteiger partial charge in [0.05, 0.1) is 6.20 Å². The zero-order valence-corrected chi connectivity index (χ0v) is 10.9. The summed E-state index contributed by atoms with van der Waals surface area (Å²) in [4.78, 5) is 14.7. The van der Waals surface area contributed by atoms with E-state index in [1.54, 1.807) is 19.2 Å². The molecule has 1 atom stereocenters. The highest BCUT2D eigenvalue weighted by atomic mass is 35.5. The van der Waals surface area contributed by atoms with Crippen LogP contribution in [0.3, 0.4) is 0 Å². The SMILES string of the molecule is C[C@H](Cc1c(Cl)nc2ccnn2c1Cl)NC(=O)O. The normalized spacial score (nSPS) is 12.6. The number of hydrogen-bond donors (Lipinski definition) is 2. The van der Waals surface area contributed by atoms with Crippen LogP contribution in [-0.4, -0.2) is 31.8 Å². The third-order valence-electron chi connectivity index (χ3n) is 2.40. The van der Waals surface area contributed by atoms with Gasteiger partial charge in [0.2, 0.25) is 0 Å². The van der Waals surface area contributed by atoms with Crippen molar-refractivity contribution in [2.24, 2.45) is 0 Å². The van der Waals surface area contributed by atoms with Crippen LogP contribution >= 0.6 is 23.2 Å². The highest BCUT2D eigenvalue weighted by molar-refractivity contribution is 6.34.